The smallest absolute Gasteiger partial charge is 0.343 e. The van der Waals surface area contributed by atoms with Crippen molar-refractivity contribution >= 4 is 12.2 Å². The van der Waals surface area contributed by atoms with E-state index in [1.54, 1.807) is 42.6 Å². The first kappa shape index (κ1) is 29.4. The van der Waals surface area contributed by atoms with Crippen molar-refractivity contribution in [2.75, 3.05) is 26.2 Å². The number of likely N-dealkylation sites (N-methyl/N-ethyl adjacent to an activating group) is 1. The summed E-state index contributed by atoms with van der Waals surface area (Å²) in [4.78, 5) is 16.7. The van der Waals surface area contributed by atoms with Gasteiger partial charge < -0.3 is 19.9 Å². The number of hydrogen-bond donors (Lipinski definition) is 2. The van der Waals surface area contributed by atoms with Gasteiger partial charge in [-0.1, -0.05) is 71.6 Å². The Morgan fingerprint density at radius 2 is 1.53 bits per heavy atom. The van der Waals surface area contributed by atoms with Gasteiger partial charge in [-0.3, -0.25) is 4.99 Å². The van der Waals surface area contributed by atoms with Gasteiger partial charge in [-0.25, -0.2) is 4.79 Å². The van der Waals surface area contributed by atoms with Crippen molar-refractivity contribution in [1.82, 2.24) is 5.32 Å². The molecule has 0 heterocycles. The van der Waals surface area contributed by atoms with Gasteiger partial charge in [0.25, 0.3) is 0 Å². The van der Waals surface area contributed by atoms with Crippen LogP contribution >= 0.6 is 0 Å². The van der Waals surface area contributed by atoms with Gasteiger partial charge in [-0.2, -0.15) is 0 Å². The maximum atomic E-state index is 12.5. The summed E-state index contributed by atoms with van der Waals surface area (Å²) in [5, 5.41) is 13.4. The fraction of sp³-hybridized carbons (Fsp3) is 0.533. The summed E-state index contributed by atoms with van der Waals surface area (Å²) in [6.07, 6.45) is 14.6. The number of aliphatic imine (C=N–C) groups is 1. The van der Waals surface area contributed by atoms with Gasteiger partial charge in [-0.15, -0.1) is 0 Å². The molecule has 0 spiro atoms. The highest BCUT2D eigenvalue weighted by Gasteiger charge is 2.10. The van der Waals surface area contributed by atoms with E-state index in [0.29, 0.717) is 24.3 Å². The molecule has 2 aromatic carbocycles. The van der Waals surface area contributed by atoms with Crippen LogP contribution in [0.1, 0.15) is 94.0 Å². The molecule has 0 unspecified atom stereocenters. The minimum atomic E-state index is -0.484. The average Bonchev–Trinajstić information content (AvgIpc) is 2.88. The van der Waals surface area contributed by atoms with Crippen molar-refractivity contribution in [2.45, 2.75) is 78.1 Å². The summed E-state index contributed by atoms with van der Waals surface area (Å²) in [6, 6.07) is 11.7. The Labute approximate surface area is 217 Å². The largest absolute Gasteiger partial charge is 0.507 e. The number of unbranched alkanes of at least 4 members (excludes halogenated alkanes) is 9. The van der Waals surface area contributed by atoms with Gasteiger partial charge in [0, 0.05) is 24.4 Å². The van der Waals surface area contributed by atoms with E-state index in [1.807, 2.05) is 6.92 Å². The third-order valence-corrected chi connectivity index (χ3v) is 5.97. The summed E-state index contributed by atoms with van der Waals surface area (Å²) >= 11 is 0. The molecule has 0 fully saturated rings. The minimum absolute atomic E-state index is 0.0169. The fourth-order valence-corrected chi connectivity index (χ4v) is 3.81. The molecule has 0 amide bonds. The van der Waals surface area contributed by atoms with Crippen molar-refractivity contribution in [2.24, 2.45) is 4.99 Å². The number of nitrogens with zero attached hydrogens (tertiary/aromatic N) is 1. The van der Waals surface area contributed by atoms with E-state index >= 15 is 0 Å². The van der Waals surface area contributed by atoms with Gasteiger partial charge in [0.15, 0.2) is 0 Å². The Balaban J connectivity index is 1.66. The number of esters is 1. The van der Waals surface area contributed by atoms with Crippen LogP contribution in [0.25, 0.3) is 0 Å². The van der Waals surface area contributed by atoms with Crippen molar-refractivity contribution in [1.29, 1.82) is 0 Å². The molecule has 0 saturated carbocycles. The van der Waals surface area contributed by atoms with Gasteiger partial charge in [0.05, 0.1) is 18.7 Å². The SMILES string of the molecule is CCCCCCCCCCCCOc1ccc(C(=O)Oc2ccc(C=NCCNCC)c(O)c2)cc1. The Hall–Kier alpha value is -2.86. The number of rotatable bonds is 19. The van der Waals surface area contributed by atoms with Gasteiger partial charge in [-0.05, 0) is 49.4 Å². The lowest BCUT2D eigenvalue weighted by atomic mass is 10.1. The Morgan fingerprint density at radius 3 is 2.17 bits per heavy atom. The molecule has 0 aliphatic heterocycles. The number of nitrogens with one attached hydrogen (secondary N) is 1. The van der Waals surface area contributed by atoms with E-state index in [4.69, 9.17) is 9.47 Å². The van der Waals surface area contributed by atoms with E-state index in [-0.39, 0.29) is 11.5 Å². The van der Waals surface area contributed by atoms with Crippen LogP contribution in [0.15, 0.2) is 47.5 Å². The van der Waals surface area contributed by atoms with E-state index < -0.39 is 5.97 Å². The van der Waals surface area contributed by atoms with Crippen molar-refractivity contribution in [3.63, 3.8) is 0 Å². The summed E-state index contributed by atoms with van der Waals surface area (Å²) in [5.74, 6) is 0.562. The molecule has 0 saturated heterocycles. The molecule has 0 bridgehead atoms. The Morgan fingerprint density at radius 1 is 0.889 bits per heavy atom. The van der Waals surface area contributed by atoms with E-state index in [1.165, 1.54) is 63.9 Å². The predicted octanol–water partition coefficient (Wildman–Crippen LogP) is 6.94. The van der Waals surface area contributed by atoms with Crippen molar-refractivity contribution < 1.29 is 19.4 Å². The zero-order valence-corrected chi connectivity index (χ0v) is 22.1. The van der Waals surface area contributed by atoms with E-state index in [0.717, 1.165) is 25.3 Å². The van der Waals surface area contributed by atoms with Crippen molar-refractivity contribution in [3.8, 4) is 17.2 Å². The van der Waals surface area contributed by atoms with E-state index in [9.17, 15) is 9.90 Å². The highest BCUT2D eigenvalue weighted by atomic mass is 16.5. The van der Waals surface area contributed by atoms with Gasteiger partial charge >= 0.3 is 5.97 Å². The lowest BCUT2D eigenvalue weighted by molar-refractivity contribution is 0.0734. The van der Waals surface area contributed by atoms with Crippen LogP contribution in [0.5, 0.6) is 17.2 Å². The average molecular weight is 497 g/mol. The number of benzene rings is 2. The van der Waals surface area contributed by atoms with Crippen LogP contribution in [-0.4, -0.2) is 43.5 Å². The molecule has 198 valence electrons. The van der Waals surface area contributed by atoms with Crippen LogP contribution < -0.4 is 14.8 Å². The zero-order valence-electron chi connectivity index (χ0n) is 22.1. The number of carbonyl (C=O) groups is 1. The summed E-state index contributed by atoms with van der Waals surface area (Å²) < 4.78 is 11.2. The Bertz CT molecular complexity index is 896. The highest BCUT2D eigenvalue weighted by Crippen LogP contribution is 2.23. The zero-order chi connectivity index (χ0) is 25.8. The standard InChI is InChI=1S/C30H44N2O4/c1-3-5-6-7-8-9-10-11-12-13-22-35-27-17-14-25(15-18-27)30(34)36-28-19-16-26(29(33)23-28)24-32-21-20-31-4-2/h14-19,23-24,31,33H,3-13,20-22H2,1-2H3. The molecule has 2 rings (SSSR count). The Kier molecular flexibility index (Phi) is 15.0. The topological polar surface area (TPSA) is 80.2 Å². The summed E-state index contributed by atoms with van der Waals surface area (Å²) in [5.41, 5.74) is 1.00. The number of aromatic hydroxyl groups is 1. The lowest BCUT2D eigenvalue weighted by Gasteiger charge is -2.08. The maximum Gasteiger partial charge on any atom is 0.343 e. The first-order valence-electron chi connectivity index (χ1n) is 13.6. The van der Waals surface area contributed by atoms with Crippen LogP contribution in [-0.2, 0) is 0 Å². The molecule has 6 heteroatoms. The molecule has 0 atom stereocenters. The van der Waals surface area contributed by atoms with Crippen LogP contribution in [0, 0.1) is 0 Å². The second-order valence-electron chi connectivity index (χ2n) is 9.05. The number of hydrogen-bond acceptors (Lipinski definition) is 6. The number of carbonyl (C=O) groups excluding carboxylic acids is 1. The second kappa shape index (κ2) is 18.4. The van der Waals surface area contributed by atoms with Gasteiger partial charge in [0.1, 0.15) is 17.2 Å². The molecule has 0 aliphatic rings. The molecule has 36 heavy (non-hydrogen) atoms. The molecule has 0 aliphatic carbocycles. The molecule has 2 N–H and O–H groups in total. The van der Waals surface area contributed by atoms with Crippen LogP contribution in [0.3, 0.4) is 0 Å². The molecule has 2 aromatic rings. The summed E-state index contributed by atoms with van der Waals surface area (Å²) in [6.45, 7) is 7.29. The number of phenols is 1. The fourth-order valence-electron chi connectivity index (χ4n) is 3.81. The van der Waals surface area contributed by atoms with Crippen LogP contribution in [0.4, 0.5) is 0 Å². The van der Waals surface area contributed by atoms with Crippen LogP contribution in [0.2, 0.25) is 0 Å². The first-order chi connectivity index (χ1) is 17.6. The monoisotopic (exact) mass is 496 g/mol. The molecule has 0 aromatic heterocycles. The minimum Gasteiger partial charge on any atom is -0.507 e. The maximum absolute atomic E-state index is 12.5. The predicted molar refractivity (Wildman–Crippen MR) is 148 cm³/mol. The molecular formula is C30H44N2O4. The van der Waals surface area contributed by atoms with Gasteiger partial charge in [0.2, 0.25) is 0 Å². The van der Waals surface area contributed by atoms with E-state index in [2.05, 4.69) is 17.2 Å². The first-order valence-corrected chi connectivity index (χ1v) is 13.6. The summed E-state index contributed by atoms with van der Waals surface area (Å²) in [7, 11) is 0. The molecule has 0 radical (unpaired) electrons. The third-order valence-electron chi connectivity index (χ3n) is 5.97. The van der Waals surface area contributed by atoms with Crippen molar-refractivity contribution in [3.05, 3.63) is 53.6 Å². The quantitative estimate of drug-likeness (QED) is 0.0953. The molecular weight excluding hydrogens is 452 g/mol. The second-order valence-corrected chi connectivity index (χ2v) is 9.05. The normalized spacial score (nSPS) is 11.2. The highest BCUT2D eigenvalue weighted by molar-refractivity contribution is 5.91. The number of phenolic OH excluding ortho intramolecular Hbond substituents is 1. The molecule has 6 nitrogen and oxygen atoms in total. The lowest BCUT2D eigenvalue weighted by Crippen LogP contribution is -2.16. The third kappa shape index (κ3) is 12.2. The number of ether oxygens (including phenoxy) is 2.